The molecule has 1 heterocycles. The summed E-state index contributed by atoms with van der Waals surface area (Å²) in [5, 5.41) is 3.03. The molecule has 1 aromatic rings. The number of benzene rings is 1. The molecule has 2 rings (SSSR count). The molecule has 0 aromatic heterocycles. The minimum Gasteiger partial charge on any atom is -0.491 e. The fraction of sp³-hybridized carbons (Fsp3) is 0.455. The van der Waals surface area contributed by atoms with Crippen LogP contribution in [0.2, 0.25) is 0 Å². The summed E-state index contributed by atoms with van der Waals surface area (Å²) in [6, 6.07) is 0.639. The Morgan fingerprint density at radius 1 is 1.31 bits per heavy atom. The van der Waals surface area contributed by atoms with E-state index in [4.69, 9.17) is 0 Å². The summed E-state index contributed by atoms with van der Waals surface area (Å²) in [7, 11) is 1.12. The molecule has 0 saturated carbocycles. The summed E-state index contributed by atoms with van der Waals surface area (Å²) >= 11 is 0. The van der Waals surface area contributed by atoms with Crippen LogP contribution in [0.4, 0.5) is 13.2 Å². The summed E-state index contributed by atoms with van der Waals surface area (Å²) in [5.74, 6) is -3.83. The number of hydrogen-bond donors (Lipinski definition) is 1. The van der Waals surface area contributed by atoms with Crippen LogP contribution >= 0.6 is 0 Å². The quantitative estimate of drug-likeness (QED) is 0.790. The van der Waals surface area contributed by atoms with E-state index in [9.17, 15) is 13.2 Å². The molecule has 0 radical (unpaired) electrons. The Kier molecular flexibility index (Phi) is 3.05. The van der Waals surface area contributed by atoms with Gasteiger partial charge >= 0.3 is 0 Å². The van der Waals surface area contributed by atoms with Crippen LogP contribution < -0.4 is 10.1 Å². The zero-order chi connectivity index (χ0) is 11.7. The Morgan fingerprint density at radius 3 is 2.62 bits per heavy atom. The van der Waals surface area contributed by atoms with Crippen LogP contribution in [0.5, 0.6) is 5.75 Å². The molecule has 0 amide bonds. The lowest BCUT2D eigenvalue weighted by molar-refractivity contribution is 0.341. The Morgan fingerprint density at radius 2 is 2.06 bits per heavy atom. The molecule has 1 saturated heterocycles. The first-order valence-electron chi connectivity index (χ1n) is 5.10. The van der Waals surface area contributed by atoms with Gasteiger partial charge in [-0.15, -0.1) is 0 Å². The van der Waals surface area contributed by atoms with E-state index in [1.165, 1.54) is 0 Å². The lowest BCUT2D eigenvalue weighted by atomic mass is 10.0. The molecule has 0 aliphatic carbocycles. The standard InChI is InChI=1S/C11H12F3NO/c1-16-11-9(13)6(5-7(12)10(11)14)8-3-2-4-15-8/h5,8,15H,2-4H2,1H3. The van der Waals surface area contributed by atoms with Gasteiger partial charge in [-0.3, -0.25) is 0 Å². The third-order valence-corrected chi connectivity index (χ3v) is 2.78. The van der Waals surface area contributed by atoms with Gasteiger partial charge in [0.1, 0.15) is 0 Å². The van der Waals surface area contributed by atoms with Crippen molar-refractivity contribution in [1.82, 2.24) is 5.32 Å². The summed E-state index contributed by atoms with van der Waals surface area (Å²) in [6.45, 7) is 0.755. The van der Waals surface area contributed by atoms with E-state index in [0.29, 0.717) is 6.42 Å². The molecule has 1 N–H and O–H groups in total. The molecule has 2 nitrogen and oxygen atoms in total. The maximum absolute atomic E-state index is 13.8. The molecule has 1 aromatic carbocycles. The van der Waals surface area contributed by atoms with Crippen molar-refractivity contribution in [3.8, 4) is 5.75 Å². The van der Waals surface area contributed by atoms with Crippen LogP contribution in [0.1, 0.15) is 24.4 Å². The van der Waals surface area contributed by atoms with E-state index < -0.39 is 23.2 Å². The van der Waals surface area contributed by atoms with Crippen LogP contribution in [0, 0.1) is 17.5 Å². The first-order chi connectivity index (χ1) is 7.65. The third-order valence-electron chi connectivity index (χ3n) is 2.78. The first kappa shape index (κ1) is 11.3. The van der Waals surface area contributed by atoms with Crippen molar-refractivity contribution < 1.29 is 17.9 Å². The van der Waals surface area contributed by atoms with Gasteiger partial charge in [0, 0.05) is 11.6 Å². The van der Waals surface area contributed by atoms with Gasteiger partial charge in [-0.05, 0) is 25.5 Å². The molecular weight excluding hydrogens is 219 g/mol. The average molecular weight is 231 g/mol. The minimum atomic E-state index is -1.28. The number of rotatable bonds is 2. The van der Waals surface area contributed by atoms with E-state index in [0.717, 1.165) is 26.1 Å². The summed E-state index contributed by atoms with van der Waals surface area (Å²) in [5.41, 5.74) is 0.133. The Balaban J connectivity index is 2.49. The summed E-state index contributed by atoms with van der Waals surface area (Å²) in [4.78, 5) is 0. The van der Waals surface area contributed by atoms with Crippen LogP contribution in [0.3, 0.4) is 0 Å². The zero-order valence-electron chi connectivity index (χ0n) is 8.82. The monoisotopic (exact) mass is 231 g/mol. The van der Waals surface area contributed by atoms with E-state index >= 15 is 0 Å². The Bertz CT molecular complexity index is 403. The van der Waals surface area contributed by atoms with Crippen molar-refractivity contribution in [3.05, 3.63) is 29.1 Å². The Hall–Kier alpha value is -1.23. The van der Waals surface area contributed by atoms with Crippen LogP contribution in [0.25, 0.3) is 0 Å². The number of hydrogen-bond acceptors (Lipinski definition) is 2. The number of halogens is 3. The normalized spacial score (nSPS) is 20.1. The highest BCUT2D eigenvalue weighted by molar-refractivity contribution is 5.35. The molecule has 1 unspecified atom stereocenters. The topological polar surface area (TPSA) is 21.3 Å². The SMILES string of the molecule is COc1c(F)c(F)cc(C2CCCN2)c1F. The first-order valence-corrected chi connectivity index (χ1v) is 5.10. The molecule has 1 atom stereocenters. The Labute approximate surface area is 91.4 Å². The second-order valence-electron chi connectivity index (χ2n) is 3.76. The van der Waals surface area contributed by atoms with Crippen LogP contribution in [-0.4, -0.2) is 13.7 Å². The van der Waals surface area contributed by atoms with Crippen molar-refractivity contribution in [2.75, 3.05) is 13.7 Å². The number of methoxy groups -OCH3 is 1. The van der Waals surface area contributed by atoms with Crippen LogP contribution in [-0.2, 0) is 0 Å². The fourth-order valence-electron chi connectivity index (χ4n) is 1.98. The van der Waals surface area contributed by atoms with Crippen molar-refractivity contribution in [2.45, 2.75) is 18.9 Å². The molecule has 0 bridgehead atoms. The van der Waals surface area contributed by atoms with Gasteiger partial charge in [-0.1, -0.05) is 0 Å². The summed E-state index contributed by atoms with van der Waals surface area (Å²) < 4.78 is 44.7. The molecule has 0 spiro atoms. The van der Waals surface area contributed by atoms with E-state index in [2.05, 4.69) is 10.1 Å². The van der Waals surface area contributed by atoms with Gasteiger partial charge in [0.2, 0.25) is 5.82 Å². The highest BCUT2D eigenvalue weighted by Crippen LogP contribution is 2.33. The molecule has 1 aliphatic rings. The van der Waals surface area contributed by atoms with Gasteiger partial charge in [-0.25, -0.2) is 8.78 Å². The molecule has 16 heavy (non-hydrogen) atoms. The third kappa shape index (κ3) is 1.75. The van der Waals surface area contributed by atoms with Gasteiger partial charge in [-0.2, -0.15) is 4.39 Å². The van der Waals surface area contributed by atoms with Crippen molar-refractivity contribution in [2.24, 2.45) is 0 Å². The van der Waals surface area contributed by atoms with Crippen molar-refractivity contribution in [3.63, 3.8) is 0 Å². The van der Waals surface area contributed by atoms with E-state index in [1.54, 1.807) is 0 Å². The lowest BCUT2D eigenvalue weighted by Crippen LogP contribution is -2.15. The maximum atomic E-state index is 13.8. The maximum Gasteiger partial charge on any atom is 0.203 e. The molecular formula is C11H12F3NO. The molecule has 1 fully saturated rings. The van der Waals surface area contributed by atoms with E-state index in [1.807, 2.05) is 0 Å². The predicted octanol–water partition coefficient (Wildman–Crippen LogP) is 2.54. The lowest BCUT2D eigenvalue weighted by Gasteiger charge is -2.14. The minimum absolute atomic E-state index is 0.133. The van der Waals surface area contributed by atoms with Crippen molar-refractivity contribution in [1.29, 1.82) is 0 Å². The second-order valence-corrected chi connectivity index (χ2v) is 3.76. The number of ether oxygens (including phenoxy) is 1. The molecule has 1 aliphatic heterocycles. The predicted molar refractivity (Wildman–Crippen MR) is 52.8 cm³/mol. The smallest absolute Gasteiger partial charge is 0.203 e. The zero-order valence-corrected chi connectivity index (χ0v) is 8.82. The van der Waals surface area contributed by atoms with Crippen molar-refractivity contribution >= 4 is 0 Å². The van der Waals surface area contributed by atoms with Gasteiger partial charge in [0.15, 0.2) is 17.4 Å². The van der Waals surface area contributed by atoms with Gasteiger partial charge in [0.25, 0.3) is 0 Å². The highest BCUT2D eigenvalue weighted by atomic mass is 19.2. The average Bonchev–Trinajstić information content (AvgIpc) is 2.77. The van der Waals surface area contributed by atoms with E-state index in [-0.39, 0.29) is 11.6 Å². The second kappa shape index (κ2) is 4.33. The summed E-state index contributed by atoms with van der Waals surface area (Å²) in [6.07, 6.45) is 1.61. The fourth-order valence-corrected chi connectivity index (χ4v) is 1.98. The van der Waals surface area contributed by atoms with Gasteiger partial charge < -0.3 is 10.1 Å². The molecule has 5 heteroatoms. The van der Waals surface area contributed by atoms with Crippen LogP contribution in [0.15, 0.2) is 6.07 Å². The largest absolute Gasteiger partial charge is 0.491 e. The number of nitrogens with one attached hydrogen (secondary N) is 1. The molecule has 88 valence electrons. The van der Waals surface area contributed by atoms with Gasteiger partial charge in [0.05, 0.1) is 7.11 Å². The highest BCUT2D eigenvalue weighted by Gasteiger charge is 2.26.